The van der Waals surface area contributed by atoms with Crippen LogP contribution in [-0.2, 0) is 5.75 Å². The Kier molecular flexibility index (Phi) is 13.6. The Bertz CT molecular complexity index is 1520. The lowest BCUT2D eigenvalue weighted by atomic mass is 9.92. The molecule has 6 rings (SSSR count). The molecule has 0 saturated heterocycles. The molecule has 2 aliphatic rings. The maximum Gasteiger partial charge on any atom is 0.0384 e. The van der Waals surface area contributed by atoms with Crippen LogP contribution in [0.25, 0.3) is 0 Å². The second-order valence-corrected chi connectivity index (χ2v) is 14.4. The van der Waals surface area contributed by atoms with E-state index < -0.39 is 0 Å². The number of hydrogen-bond donors (Lipinski definition) is 1. The summed E-state index contributed by atoms with van der Waals surface area (Å²) in [6.45, 7) is 8.84. The molecule has 0 bridgehead atoms. The first kappa shape index (κ1) is 34.7. The van der Waals surface area contributed by atoms with Crippen LogP contribution in [0.3, 0.4) is 0 Å². The van der Waals surface area contributed by atoms with Gasteiger partial charge in [0.15, 0.2) is 0 Å². The SMILES string of the molecule is CC1(C)C=CC=CC(Nc2ccccc2)=C1.CC1(C)C=CC=CC(Sc2ccccc2)=C1.c1ccc(CSc2ccccc2)cc1. The molecule has 4 aromatic carbocycles. The summed E-state index contributed by atoms with van der Waals surface area (Å²) < 4.78 is 0. The molecule has 0 spiro atoms. The summed E-state index contributed by atoms with van der Waals surface area (Å²) in [4.78, 5) is 3.92. The van der Waals surface area contributed by atoms with E-state index in [4.69, 9.17) is 0 Å². The van der Waals surface area contributed by atoms with Gasteiger partial charge in [-0.05, 0) is 54.1 Å². The highest BCUT2D eigenvalue weighted by Crippen LogP contribution is 2.33. The first-order chi connectivity index (χ1) is 22.3. The topological polar surface area (TPSA) is 12.0 Å². The summed E-state index contributed by atoms with van der Waals surface area (Å²) in [5, 5.41) is 3.41. The van der Waals surface area contributed by atoms with Gasteiger partial charge in [-0.2, -0.15) is 0 Å². The Morgan fingerprint density at radius 2 is 1.02 bits per heavy atom. The molecule has 1 nitrogen and oxygen atoms in total. The third kappa shape index (κ3) is 13.4. The zero-order valence-corrected chi connectivity index (χ0v) is 29.0. The quantitative estimate of drug-likeness (QED) is 0.202. The standard InChI is InChI=1S/C15H17N.C15H16S.C13H12S/c2*1-15(2)11-7-6-10-14(12-15)16-13-8-4-3-5-9-13;1-3-7-12(8-4-1)11-14-13-9-5-2-6-10-13/h3-12,16H,1-2H3;3-12H,1-2H3;1-10H,11H2. The summed E-state index contributed by atoms with van der Waals surface area (Å²) in [6, 6.07) is 41.8. The van der Waals surface area contributed by atoms with Gasteiger partial charge >= 0.3 is 0 Å². The number of hydrogen-bond acceptors (Lipinski definition) is 3. The van der Waals surface area contributed by atoms with Crippen molar-refractivity contribution in [2.45, 2.75) is 43.2 Å². The van der Waals surface area contributed by atoms with Crippen molar-refractivity contribution in [1.29, 1.82) is 0 Å². The zero-order valence-electron chi connectivity index (χ0n) is 27.3. The minimum atomic E-state index is 0.0978. The smallest absolute Gasteiger partial charge is 0.0384 e. The average Bonchev–Trinajstić information content (AvgIpc) is 3.35. The average molecular weight is 640 g/mol. The monoisotopic (exact) mass is 639 g/mol. The van der Waals surface area contributed by atoms with E-state index >= 15 is 0 Å². The van der Waals surface area contributed by atoms with Gasteiger partial charge in [-0.1, -0.05) is 173 Å². The fourth-order valence-electron chi connectivity index (χ4n) is 4.59. The molecule has 0 aromatic heterocycles. The lowest BCUT2D eigenvalue weighted by Gasteiger charge is -2.16. The van der Waals surface area contributed by atoms with E-state index in [-0.39, 0.29) is 10.8 Å². The lowest BCUT2D eigenvalue weighted by molar-refractivity contribution is 0.624. The van der Waals surface area contributed by atoms with Crippen molar-refractivity contribution < 1.29 is 0 Å². The van der Waals surface area contributed by atoms with Crippen LogP contribution >= 0.6 is 23.5 Å². The van der Waals surface area contributed by atoms with E-state index in [0.29, 0.717) is 0 Å². The largest absolute Gasteiger partial charge is 0.356 e. The van der Waals surface area contributed by atoms with Crippen molar-refractivity contribution in [3.8, 4) is 0 Å². The van der Waals surface area contributed by atoms with Crippen LogP contribution in [-0.4, -0.2) is 0 Å². The van der Waals surface area contributed by atoms with Crippen LogP contribution in [0.1, 0.15) is 33.3 Å². The number of thioether (sulfide) groups is 2. The van der Waals surface area contributed by atoms with Crippen molar-refractivity contribution in [2.24, 2.45) is 10.8 Å². The molecule has 0 unspecified atom stereocenters. The molecule has 234 valence electrons. The molecule has 1 N–H and O–H groups in total. The number of nitrogens with one attached hydrogen (secondary N) is 1. The second-order valence-electron chi connectivity index (χ2n) is 12.2. The van der Waals surface area contributed by atoms with Gasteiger partial charge in [0, 0.05) is 42.7 Å². The van der Waals surface area contributed by atoms with Crippen LogP contribution < -0.4 is 5.32 Å². The van der Waals surface area contributed by atoms with Gasteiger partial charge in [0.05, 0.1) is 0 Å². The van der Waals surface area contributed by atoms with Gasteiger partial charge in [-0.25, -0.2) is 0 Å². The Labute approximate surface area is 285 Å². The van der Waals surface area contributed by atoms with Gasteiger partial charge in [0.2, 0.25) is 0 Å². The highest BCUT2D eigenvalue weighted by molar-refractivity contribution is 8.03. The van der Waals surface area contributed by atoms with Gasteiger partial charge in [0.25, 0.3) is 0 Å². The molecule has 0 atom stereocenters. The van der Waals surface area contributed by atoms with Crippen LogP contribution in [0.4, 0.5) is 5.69 Å². The van der Waals surface area contributed by atoms with Crippen LogP contribution in [0, 0.1) is 10.8 Å². The van der Waals surface area contributed by atoms with E-state index in [2.05, 4.69) is 185 Å². The molecule has 0 amide bonds. The molecule has 0 heterocycles. The van der Waals surface area contributed by atoms with Crippen LogP contribution in [0.15, 0.2) is 202 Å². The van der Waals surface area contributed by atoms with Crippen LogP contribution in [0.5, 0.6) is 0 Å². The maximum absolute atomic E-state index is 3.41. The summed E-state index contributed by atoms with van der Waals surface area (Å²) in [6.07, 6.45) is 21.6. The number of anilines is 1. The summed E-state index contributed by atoms with van der Waals surface area (Å²) in [5.41, 5.74) is 3.87. The Balaban J connectivity index is 0.000000157. The van der Waals surface area contributed by atoms with Gasteiger partial charge in [0.1, 0.15) is 0 Å². The molecule has 0 aliphatic heterocycles. The maximum atomic E-state index is 3.41. The van der Waals surface area contributed by atoms with E-state index in [1.807, 2.05) is 53.9 Å². The normalized spacial score (nSPS) is 15.5. The second kappa shape index (κ2) is 18.1. The van der Waals surface area contributed by atoms with E-state index in [1.165, 1.54) is 20.3 Å². The minimum absolute atomic E-state index is 0.0978. The highest BCUT2D eigenvalue weighted by atomic mass is 32.2. The third-order valence-corrected chi connectivity index (χ3v) is 8.97. The Hall–Kier alpha value is -4.18. The first-order valence-electron chi connectivity index (χ1n) is 15.7. The summed E-state index contributed by atoms with van der Waals surface area (Å²) in [5.74, 6) is 1.05. The minimum Gasteiger partial charge on any atom is -0.356 e. The van der Waals surface area contributed by atoms with Crippen LogP contribution in [0.2, 0.25) is 0 Å². The molecule has 46 heavy (non-hydrogen) atoms. The van der Waals surface area contributed by atoms with Gasteiger partial charge < -0.3 is 5.32 Å². The third-order valence-electron chi connectivity index (χ3n) is 6.88. The molecule has 0 fully saturated rings. The number of rotatable bonds is 7. The van der Waals surface area contributed by atoms with E-state index in [0.717, 1.165) is 17.1 Å². The summed E-state index contributed by atoms with van der Waals surface area (Å²) >= 11 is 3.69. The van der Waals surface area contributed by atoms with E-state index in [9.17, 15) is 0 Å². The molecule has 3 heteroatoms. The summed E-state index contributed by atoms with van der Waals surface area (Å²) in [7, 11) is 0. The van der Waals surface area contributed by atoms with Crippen molar-refractivity contribution in [2.75, 3.05) is 5.32 Å². The Morgan fingerprint density at radius 3 is 1.63 bits per heavy atom. The molecular weight excluding hydrogens is 595 g/mol. The zero-order chi connectivity index (χ0) is 32.5. The van der Waals surface area contributed by atoms with Gasteiger partial charge in [-0.3, -0.25) is 0 Å². The van der Waals surface area contributed by atoms with Crippen molar-refractivity contribution >= 4 is 29.2 Å². The number of benzene rings is 4. The molecule has 0 radical (unpaired) electrons. The van der Waals surface area contributed by atoms with E-state index in [1.54, 1.807) is 0 Å². The molecular formula is C43H45NS2. The Morgan fingerprint density at radius 1 is 0.522 bits per heavy atom. The van der Waals surface area contributed by atoms with Crippen molar-refractivity contribution in [3.05, 3.63) is 198 Å². The molecule has 0 saturated carbocycles. The lowest BCUT2D eigenvalue weighted by Crippen LogP contribution is -2.06. The number of para-hydroxylation sites is 1. The van der Waals surface area contributed by atoms with Crippen molar-refractivity contribution in [3.63, 3.8) is 0 Å². The fraction of sp³-hybridized carbons (Fsp3) is 0.163. The predicted octanol–water partition coefficient (Wildman–Crippen LogP) is 12.9. The molecule has 4 aromatic rings. The van der Waals surface area contributed by atoms with Gasteiger partial charge in [-0.15, -0.1) is 11.8 Å². The first-order valence-corrected chi connectivity index (χ1v) is 17.5. The fourth-order valence-corrected chi connectivity index (χ4v) is 6.54. The highest BCUT2D eigenvalue weighted by Gasteiger charge is 2.13. The molecule has 2 aliphatic carbocycles. The number of allylic oxidation sites excluding steroid dienone is 10. The van der Waals surface area contributed by atoms with Crippen molar-refractivity contribution in [1.82, 2.24) is 0 Å². The predicted molar refractivity (Wildman–Crippen MR) is 205 cm³/mol.